The highest BCUT2D eigenvalue weighted by Crippen LogP contribution is 2.17. The molecule has 2 aromatic rings. The van der Waals surface area contributed by atoms with Crippen LogP contribution < -0.4 is 10.5 Å². The van der Waals surface area contributed by atoms with Crippen LogP contribution in [0.15, 0.2) is 34.9 Å². The summed E-state index contributed by atoms with van der Waals surface area (Å²) < 4.78 is 36.0. The van der Waals surface area contributed by atoms with Crippen LogP contribution in [0.2, 0.25) is 0 Å². The van der Waals surface area contributed by atoms with E-state index in [1.54, 1.807) is 6.07 Å². The number of furan rings is 1. The van der Waals surface area contributed by atoms with Crippen LogP contribution in [0.4, 0.5) is 8.78 Å². The molecule has 2 rings (SSSR count). The highest BCUT2D eigenvalue weighted by atomic mass is 19.1. The molecule has 3 nitrogen and oxygen atoms in total. The summed E-state index contributed by atoms with van der Waals surface area (Å²) in [7, 11) is 0. The lowest BCUT2D eigenvalue weighted by Crippen LogP contribution is -1.96. The Hall–Kier alpha value is -1.88. The Kier molecular flexibility index (Phi) is 3.39. The topological polar surface area (TPSA) is 48.4 Å². The van der Waals surface area contributed by atoms with Gasteiger partial charge in [0, 0.05) is 30.3 Å². The van der Waals surface area contributed by atoms with Crippen molar-refractivity contribution in [3.05, 3.63) is 53.5 Å². The van der Waals surface area contributed by atoms with Crippen molar-refractivity contribution in [3.8, 4) is 5.75 Å². The first-order chi connectivity index (χ1) is 8.17. The lowest BCUT2D eigenvalue weighted by atomic mass is 10.3. The lowest BCUT2D eigenvalue weighted by molar-refractivity contribution is 0.268. The van der Waals surface area contributed by atoms with Crippen LogP contribution >= 0.6 is 0 Å². The Balaban J connectivity index is 2.01. The van der Waals surface area contributed by atoms with Crippen LogP contribution in [0.5, 0.6) is 5.75 Å². The average molecular weight is 239 g/mol. The van der Waals surface area contributed by atoms with Crippen molar-refractivity contribution in [2.75, 3.05) is 0 Å². The fraction of sp³-hybridized carbons (Fsp3) is 0.167. The number of hydrogen-bond acceptors (Lipinski definition) is 3. The van der Waals surface area contributed by atoms with Gasteiger partial charge in [-0.15, -0.1) is 0 Å². The molecule has 0 unspecified atom stereocenters. The second-order valence-electron chi connectivity index (χ2n) is 3.52. The van der Waals surface area contributed by atoms with Gasteiger partial charge in [-0.25, -0.2) is 8.78 Å². The maximum atomic E-state index is 12.9. The molecule has 0 bridgehead atoms. The molecule has 0 aliphatic rings. The molecule has 0 aliphatic heterocycles. The molecule has 1 aromatic carbocycles. The van der Waals surface area contributed by atoms with E-state index < -0.39 is 11.6 Å². The SMILES string of the molecule is NCc1coc(COc2cc(F)cc(F)c2)c1. The van der Waals surface area contributed by atoms with E-state index in [1.807, 2.05) is 0 Å². The molecule has 1 aromatic heterocycles. The van der Waals surface area contributed by atoms with Gasteiger partial charge in [0.15, 0.2) is 0 Å². The van der Waals surface area contributed by atoms with Gasteiger partial charge in [-0.1, -0.05) is 0 Å². The summed E-state index contributed by atoms with van der Waals surface area (Å²) in [5.74, 6) is -0.687. The average Bonchev–Trinajstić information content (AvgIpc) is 2.73. The molecule has 0 saturated carbocycles. The smallest absolute Gasteiger partial charge is 0.146 e. The maximum absolute atomic E-state index is 12.9. The normalized spacial score (nSPS) is 10.5. The van der Waals surface area contributed by atoms with Crippen LogP contribution in [-0.2, 0) is 13.2 Å². The number of ether oxygens (including phenoxy) is 1. The van der Waals surface area contributed by atoms with Gasteiger partial charge >= 0.3 is 0 Å². The van der Waals surface area contributed by atoms with Gasteiger partial charge in [0.25, 0.3) is 0 Å². The minimum atomic E-state index is -0.679. The molecule has 2 N–H and O–H groups in total. The third kappa shape index (κ3) is 3.04. The fourth-order valence-corrected chi connectivity index (χ4v) is 1.38. The van der Waals surface area contributed by atoms with E-state index in [0.29, 0.717) is 12.3 Å². The van der Waals surface area contributed by atoms with E-state index in [9.17, 15) is 8.78 Å². The van der Waals surface area contributed by atoms with Gasteiger partial charge in [0.2, 0.25) is 0 Å². The van der Waals surface area contributed by atoms with Crippen molar-refractivity contribution in [1.82, 2.24) is 0 Å². The van der Waals surface area contributed by atoms with Crippen molar-refractivity contribution in [2.24, 2.45) is 5.73 Å². The molecule has 0 saturated heterocycles. The minimum absolute atomic E-state index is 0.100. The van der Waals surface area contributed by atoms with E-state index in [4.69, 9.17) is 14.9 Å². The fourth-order valence-electron chi connectivity index (χ4n) is 1.38. The maximum Gasteiger partial charge on any atom is 0.146 e. The first kappa shape index (κ1) is 11.6. The Bertz CT molecular complexity index is 491. The van der Waals surface area contributed by atoms with Gasteiger partial charge in [-0.3, -0.25) is 0 Å². The molecule has 90 valence electrons. The zero-order valence-corrected chi connectivity index (χ0v) is 8.95. The van der Waals surface area contributed by atoms with E-state index in [2.05, 4.69) is 0 Å². The van der Waals surface area contributed by atoms with Crippen molar-refractivity contribution >= 4 is 0 Å². The third-order valence-electron chi connectivity index (χ3n) is 2.16. The van der Waals surface area contributed by atoms with Gasteiger partial charge in [-0.2, -0.15) is 0 Å². The molecular weight excluding hydrogens is 228 g/mol. The Morgan fingerprint density at radius 3 is 2.41 bits per heavy atom. The summed E-state index contributed by atoms with van der Waals surface area (Å²) in [6.07, 6.45) is 1.52. The minimum Gasteiger partial charge on any atom is -0.485 e. The Labute approximate surface area is 96.8 Å². The number of benzene rings is 1. The predicted molar refractivity (Wildman–Crippen MR) is 57.3 cm³/mol. The number of hydrogen-bond donors (Lipinski definition) is 1. The first-order valence-electron chi connectivity index (χ1n) is 5.02. The van der Waals surface area contributed by atoms with Crippen LogP contribution in [0.25, 0.3) is 0 Å². The number of rotatable bonds is 4. The van der Waals surface area contributed by atoms with Crippen molar-refractivity contribution in [3.63, 3.8) is 0 Å². The summed E-state index contributed by atoms with van der Waals surface area (Å²) >= 11 is 0. The summed E-state index contributed by atoms with van der Waals surface area (Å²) in [5.41, 5.74) is 6.25. The van der Waals surface area contributed by atoms with Crippen LogP contribution in [0, 0.1) is 11.6 Å². The van der Waals surface area contributed by atoms with Crippen LogP contribution in [0.1, 0.15) is 11.3 Å². The molecule has 0 fully saturated rings. The first-order valence-corrected chi connectivity index (χ1v) is 5.02. The second-order valence-corrected chi connectivity index (χ2v) is 3.52. The van der Waals surface area contributed by atoms with E-state index >= 15 is 0 Å². The van der Waals surface area contributed by atoms with Crippen molar-refractivity contribution in [1.29, 1.82) is 0 Å². The summed E-state index contributed by atoms with van der Waals surface area (Å²) in [5, 5.41) is 0. The van der Waals surface area contributed by atoms with E-state index in [0.717, 1.165) is 23.8 Å². The van der Waals surface area contributed by atoms with Gasteiger partial charge < -0.3 is 14.9 Å². The zero-order valence-electron chi connectivity index (χ0n) is 8.95. The lowest BCUT2D eigenvalue weighted by Gasteiger charge is -2.04. The highest BCUT2D eigenvalue weighted by molar-refractivity contribution is 5.24. The molecule has 0 atom stereocenters. The number of nitrogens with two attached hydrogens (primary N) is 1. The zero-order chi connectivity index (χ0) is 12.3. The van der Waals surface area contributed by atoms with Gasteiger partial charge in [-0.05, 0) is 6.07 Å². The molecule has 1 heterocycles. The molecule has 5 heteroatoms. The third-order valence-corrected chi connectivity index (χ3v) is 2.16. The summed E-state index contributed by atoms with van der Waals surface area (Å²) in [4.78, 5) is 0. The van der Waals surface area contributed by atoms with Crippen molar-refractivity contribution in [2.45, 2.75) is 13.2 Å². The Morgan fingerprint density at radius 2 is 1.82 bits per heavy atom. The largest absolute Gasteiger partial charge is 0.485 e. The monoisotopic (exact) mass is 239 g/mol. The van der Waals surface area contributed by atoms with Crippen LogP contribution in [0.3, 0.4) is 0 Å². The standard InChI is InChI=1S/C12H11F2NO2/c13-9-2-10(14)4-11(3-9)17-7-12-1-8(5-15)6-16-12/h1-4,6H,5,7,15H2. The van der Waals surface area contributed by atoms with E-state index in [-0.39, 0.29) is 12.4 Å². The predicted octanol–water partition coefficient (Wildman–Crippen LogP) is 2.60. The van der Waals surface area contributed by atoms with Crippen molar-refractivity contribution < 1.29 is 17.9 Å². The highest BCUT2D eigenvalue weighted by Gasteiger charge is 2.04. The summed E-state index contributed by atoms with van der Waals surface area (Å²) in [6.45, 7) is 0.473. The van der Waals surface area contributed by atoms with Crippen LogP contribution in [-0.4, -0.2) is 0 Å². The summed E-state index contributed by atoms with van der Waals surface area (Å²) in [6, 6.07) is 4.73. The molecule has 17 heavy (non-hydrogen) atoms. The molecular formula is C12H11F2NO2. The molecule has 0 radical (unpaired) electrons. The van der Waals surface area contributed by atoms with Gasteiger partial charge in [0.05, 0.1) is 6.26 Å². The molecule has 0 aliphatic carbocycles. The quantitative estimate of drug-likeness (QED) is 0.892. The molecule has 0 spiro atoms. The Morgan fingerprint density at radius 1 is 1.12 bits per heavy atom. The van der Waals surface area contributed by atoms with Gasteiger partial charge in [0.1, 0.15) is 29.8 Å². The van der Waals surface area contributed by atoms with E-state index in [1.165, 1.54) is 6.26 Å². The second kappa shape index (κ2) is 4.97. The molecule has 0 amide bonds. The number of halogens is 2.